The molecule has 0 atom stereocenters. The zero-order chi connectivity index (χ0) is 7.28. The predicted molar refractivity (Wildman–Crippen MR) is 43.2 cm³/mol. The summed E-state index contributed by atoms with van der Waals surface area (Å²) >= 11 is 0. The van der Waals surface area contributed by atoms with Gasteiger partial charge in [0.1, 0.15) is 0 Å². The largest absolute Gasteiger partial charge is 0.326 e. The van der Waals surface area contributed by atoms with Gasteiger partial charge in [0, 0.05) is 0 Å². The van der Waals surface area contributed by atoms with E-state index in [1.54, 1.807) is 0 Å². The molecule has 0 N–H and O–H groups in total. The molecule has 0 unspecified atom stereocenters. The van der Waals surface area contributed by atoms with Gasteiger partial charge in [0.15, 0.2) is 0 Å². The molecule has 0 aromatic rings. The van der Waals surface area contributed by atoms with Crippen LogP contribution in [0.4, 0.5) is 0 Å². The first-order valence-corrected chi connectivity index (χ1v) is 3.96. The second-order valence-corrected chi connectivity index (χ2v) is 3.45. The van der Waals surface area contributed by atoms with Gasteiger partial charge >= 0.3 is 0 Å². The Kier molecular flexibility index (Phi) is 4.84. The molecule has 0 radical (unpaired) electrons. The lowest BCUT2D eigenvalue weighted by molar-refractivity contribution is 0.555. The molecule has 0 nitrogen and oxygen atoms in total. The number of hydrogen-bond acceptors (Lipinski definition) is 0. The first-order chi connectivity index (χ1) is 4.13. The fourth-order valence-electron chi connectivity index (χ4n) is 0.763. The third-order valence-electron chi connectivity index (χ3n) is 1.38. The quantitative estimate of drug-likeness (QED) is 0.508. The fraction of sp³-hybridized carbons (Fsp3) is 0.889. The van der Waals surface area contributed by atoms with Crippen molar-refractivity contribution in [3.63, 3.8) is 0 Å². The minimum atomic E-state index is 0.767. The Morgan fingerprint density at radius 2 is 1.67 bits per heavy atom. The van der Waals surface area contributed by atoms with Crippen molar-refractivity contribution < 1.29 is 0 Å². The van der Waals surface area contributed by atoms with Crippen LogP contribution in [0.5, 0.6) is 0 Å². The minimum absolute atomic E-state index is 0.767. The van der Waals surface area contributed by atoms with E-state index < -0.39 is 0 Å². The van der Waals surface area contributed by atoms with E-state index in [-0.39, 0.29) is 0 Å². The third-order valence-corrected chi connectivity index (χ3v) is 1.38. The van der Waals surface area contributed by atoms with Crippen LogP contribution in [0.2, 0.25) is 0 Å². The summed E-state index contributed by atoms with van der Waals surface area (Å²) in [6.07, 6.45) is 5.02. The smallest absolute Gasteiger partial charge is 0.0496 e. The Hall–Kier alpha value is 0. The van der Waals surface area contributed by atoms with E-state index in [4.69, 9.17) is 0 Å². The van der Waals surface area contributed by atoms with Crippen LogP contribution in [0.15, 0.2) is 0 Å². The highest BCUT2D eigenvalue weighted by molar-refractivity contribution is 4.68. The summed E-state index contributed by atoms with van der Waals surface area (Å²) < 4.78 is 0. The van der Waals surface area contributed by atoms with Crippen LogP contribution >= 0.6 is 0 Å². The van der Waals surface area contributed by atoms with Crippen LogP contribution in [0.1, 0.15) is 40.5 Å². The van der Waals surface area contributed by atoms with Gasteiger partial charge in [0.05, 0.1) is 0 Å². The first kappa shape index (κ1) is 9.00. The molecule has 0 heteroatoms. The van der Waals surface area contributed by atoms with Gasteiger partial charge in [0.25, 0.3) is 0 Å². The normalized spacial score (nSPS) is 11.3. The van der Waals surface area contributed by atoms with E-state index in [0.29, 0.717) is 0 Å². The topological polar surface area (TPSA) is 0 Å². The molecule has 0 spiro atoms. The molecular formula is C9H19-. The molecule has 0 aromatic carbocycles. The summed E-state index contributed by atoms with van der Waals surface area (Å²) in [6, 6.07) is 0. The monoisotopic (exact) mass is 127 g/mol. The Labute approximate surface area is 59.7 Å². The van der Waals surface area contributed by atoms with Gasteiger partial charge in [-0.2, -0.15) is 12.3 Å². The molecule has 0 aliphatic carbocycles. The number of rotatable bonds is 4. The van der Waals surface area contributed by atoms with E-state index in [9.17, 15) is 0 Å². The molecule has 56 valence electrons. The Balaban J connectivity index is 2.91. The second-order valence-electron chi connectivity index (χ2n) is 3.45. The van der Waals surface area contributed by atoms with Crippen LogP contribution in [0.25, 0.3) is 0 Å². The van der Waals surface area contributed by atoms with Crippen molar-refractivity contribution in [2.24, 2.45) is 11.8 Å². The highest BCUT2D eigenvalue weighted by atomic mass is 14.0. The number of hydrogen-bond donors (Lipinski definition) is 0. The first-order valence-electron chi connectivity index (χ1n) is 3.96. The molecule has 0 aliphatic heterocycles. The van der Waals surface area contributed by atoms with Crippen molar-refractivity contribution in [2.75, 3.05) is 0 Å². The van der Waals surface area contributed by atoms with Crippen molar-refractivity contribution in [3.05, 3.63) is 6.42 Å². The van der Waals surface area contributed by atoms with Gasteiger partial charge in [-0.25, -0.2) is 0 Å². The molecule has 0 aromatic heterocycles. The lowest BCUT2D eigenvalue weighted by Crippen LogP contribution is -1.92. The van der Waals surface area contributed by atoms with E-state index in [2.05, 4.69) is 34.1 Å². The Morgan fingerprint density at radius 3 is 2.00 bits per heavy atom. The Morgan fingerprint density at radius 1 is 1.11 bits per heavy atom. The molecule has 0 saturated carbocycles. The zero-order valence-corrected chi connectivity index (χ0v) is 7.15. The maximum atomic E-state index is 2.39. The predicted octanol–water partition coefficient (Wildman–Crippen LogP) is 3.28. The van der Waals surface area contributed by atoms with Crippen LogP contribution < -0.4 is 0 Å². The van der Waals surface area contributed by atoms with Crippen molar-refractivity contribution >= 4 is 0 Å². The van der Waals surface area contributed by atoms with Gasteiger partial charge in [-0.3, -0.25) is 0 Å². The van der Waals surface area contributed by atoms with Crippen LogP contribution in [0, 0.1) is 18.3 Å². The van der Waals surface area contributed by atoms with Crippen LogP contribution in [-0.2, 0) is 0 Å². The molecule has 0 aliphatic rings. The minimum Gasteiger partial charge on any atom is -0.326 e. The van der Waals surface area contributed by atoms with Gasteiger partial charge in [-0.1, -0.05) is 34.1 Å². The zero-order valence-electron chi connectivity index (χ0n) is 7.15. The van der Waals surface area contributed by atoms with Gasteiger partial charge in [-0.05, 0) is 5.92 Å². The Bertz CT molecular complexity index is 45.1. The molecule has 0 rings (SSSR count). The van der Waals surface area contributed by atoms with Crippen LogP contribution in [-0.4, -0.2) is 0 Å². The maximum Gasteiger partial charge on any atom is -0.0496 e. The summed E-state index contributed by atoms with van der Waals surface area (Å²) in [5.74, 6) is 1.63. The highest BCUT2D eigenvalue weighted by Crippen LogP contribution is 2.09. The second kappa shape index (κ2) is 4.84. The van der Waals surface area contributed by atoms with Gasteiger partial charge in [-0.15, -0.1) is 0 Å². The average molecular weight is 127 g/mol. The molecule has 0 bridgehead atoms. The third kappa shape index (κ3) is 8.00. The fourth-order valence-corrected chi connectivity index (χ4v) is 0.763. The van der Waals surface area contributed by atoms with E-state index in [0.717, 1.165) is 11.8 Å². The standard InChI is InChI=1S/C9H19/c1-8(2)6-5-7-9(3)4/h6,8-9H,5,7H2,1-4H3/q-1. The molecular weight excluding hydrogens is 108 g/mol. The van der Waals surface area contributed by atoms with E-state index in [1.807, 2.05) is 0 Å². The van der Waals surface area contributed by atoms with Crippen molar-refractivity contribution in [2.45, 2.75) is 40.5 Å². The van der Waals surface area contributed by atoms with Crippen molar-refractivity contribution in [1.82, 2.24) is 0 Å². The SMILES string of the molecule is CC(C)[CH-]CCC(C)C. The van der Waals surface area contributed by atoms with Gasteiger partial charge < -0.3 is 6.42 Å². The molecule has 0 fully saturated rings. The highest BCUT2D eigenvalue weighted by Gasteiger charge is 1.87. The van der Waals surface area contributed by atoms with Gasteiger partial charge in [0.2, 0.25) is 0 Å². The van der Waals surface area contributed by atoms with Crippen molar-refractivity contribution in [3.8, 4) is 0 Å². The lowest BCUT2D eigenvalue weighted by Gasteiger charge is -2.16. The van der Waals surface area contributed by atoms with E-state index >= 15 is 0 Å². The van der Waals surface area contributed by atoms with Crippen molar-refractivity contribution in [1.29, 1.82) is 0 Å². The average Bonchev–Trinajstić information content (AvgIpc) is 1.63. The molecule has 0 amide bonds. The molecule has 0 saturated heterocycles. The summed E-state index contributed by atoms with van der Waals surface area (Å²) in [6.45, 7) is 9.02. The molecule has 9 heavy (non-hydrogen) atoms. The van der Waals surface area contributed by atoms with E-state index in [1.165, 1.54) is 12.8 Å². The summed E-state index contributed by atoms with van der Waals surface area (Å²) in [4.78, 5) is 0. The lowest BCUT2D eigenvalue weighted by atomic mass is 10.0. The summed E-state index contributed by atoms with van der Waals surface area (Å²) in [7, 11) is 0. The summed E-state index contributed by atoms with van der Waals surface area (Å²) in [5, 5.41) is 0. The summed E-state index contributed by atoms with van der Waals surface area (Å²) in [5.41, 5.74) is 0. The molecule has 0 heterocycles. The van der Waals surface area contributed by atoms with Crippen LogP contribution in [0.3, 0.4) is 0 Å². The maximum absolute atomic E-state index is 2.39.